The molecule has 2 N–H and O–H groups in total. The predicted octanol–water partition coefficient (Wildman–Crippen LogP) is 5.36. The van der Waals surface area contributed by atoms with E-state index in [2.05, 4.69) is 67.9 Å². The maximum atomic E-state index is 13.1. The number of fused-ring (bicyclic) bond motifs is 2. The highest BCUT2D eigenvalue weighted by molar-refractivity contribution is 6.23. The van der Waals surface area contributed by atoms with Crippen molar-refractivity contribution >= 4 is 35.0 Å². The summed E-state index contributed by atoms with van der Waals surface area (Å²) in [4.78, 5) is 59.7. The van der Waals surface area contributed by atoms with E-state index >= 15 is 0 Å². The van der Waals surface area contributed by atoms with E-state index in [-0.39, 0.29) is 17.5 Å². The molecule has 0 radical (unpaired) electrons. The molecule has 296 valence electrons. The fraction of sp³-hybridized carbons (Fsp3) is 0.295. The van der Waals surface area contributed by atoms with Crippen molar-refractivity contribution in [1.29, 1.82) is 0 Å². The van der Waals surface area contributed by atoms with Crippen molar-refractivity contribution in [3.63, 3.8) is 0 Å². The van der Waals surface area contributed by atoms with Gasteiger partial charge in [-0.2, -0.15) is 5.10 Å². The number of piperazine rings is 1. The van der Waals surface area contributed by atoms with E-state index in [1.165, 1.54) is 5.56 Å². The van der Waals surface area contributed by atoms with Crippen LogP contribution in [0.15, 0.2) is 96.5 Å². The third kappa shape index (κ3) is 7.83. The molecule has 1 fully saturated rings. The van der Waals surface area contributed by atoms with E-state index in [4.69, 9.17) is 9.84 Å². The van der Waals surface area contributed by atoms with Gasteiger partial charge >= 0.3 is 0 Å². The molecule has 5 aromatic rings. The molecule has 14 nitrogen and oxygen atoms in total. The van der Waals surface area contributed by atoms with Crippen LogP contribution in [0.4, 0.5) is 5.69 Å². The molecule has 1 aliphatic carbocycles. The highest BCUT2D eigenvalue weighted by Crippen LogP contribution is 2.35. The van der Waals surface area contributed by atoms with E-state index in [1.54, 1.807) is 37.5 Å². The summed E-state index contributed by atoms with van der Waals surface area (Å²) in [7, 11) is 0. The minimum atomic E-state index is -0.707. The Morgan fingerprint density at radius 3 is 2.36 bits per heavy atom. The second-order valence-corrected chi connectivity index (χ2v) is 14.6. The number of carbonyl (C=O) groups excluding carboxylic acids is 4. The third-order valence-electron chi connectivity index (χ3n) is 11.0. The van der Waals surface area contributed by atoms with Crippen LogP contribution in [0, 0.1) is 0 Å². The van der Waals surface area contributed by atoms with Crippen molar-refractivity contribution in [1.82, 2.24) is 29.9 Å². The number of pyridine rings is 1. The number of aromatic nitrogens is 3. The minimum absolute atomic E-state index is 0.117. The van der Waals surface area contributed by atoms with Gasteiger partial charge in [-0.15, -0.1) is 0 Å². The van der Waals surface area contributed by atoms with E-state index in [0.29, 0.717) is 12.4 Å². The summed E-state index contributed by atoms with van der Waals surface area (Å²) < 4.78 is 7.92. The summed E-state index contributed by atoms with van der Waals surface area (Å²) in [6.45, 7) is 6.06. The van der Waals surface area contributed by atoms with Gasteiger partial charge in [-0.25, -0.2) is 4.68 Å². The van der Waals surface area contributed by atoms with Crippen LogP contribution in [0.5, 0.6) is 5.75 Å². The topological polar surface area (TPSA) is 163 Å². The van der Waals surface area contributed by atoms with E-state index in [0.717, 1.165) is 108 Å². The third-order valence-corrected chi connectivity index (χ3v) is 11.0. The molecule has 0 atom stereocenters. The standard InChI is InChI=1S/C44H44N8O6/c1-2-39(53)46-40(54)28-51-43(55)35-6-5-7-38(41(35)44(51)56)58-25-4-3-20-49-21-23-50(24-22-49)32-10-12-33(13-11-32)52-27-36(42(47-52)29-16-18-45-19-17-29)31-8-14-34-30(26-31)9-15-37(34)48-57/h5-8,10-14,16-19,26-27,57H,2-4,9,15,20-25,28H2,1H3,(H,46,53,54)/b48-37+. The molecule has 4 amide bonds. The van der Waals surface area contributed by atoms with Crippen LogP contribution in [0.25, 0.3) is 28.1 Å². The van der Waals surface area contributed by atoms with Gasteiger partial charge in [0.2, 0.25) is 11.8 Å². The second-order valence-electron chi connectivity index (χ2n) is 14.6. The lowest BCUT2D eigenvalue weighted by atomic mass is 9.98. The first kappa shape index (κ1) is 38.2. The molecule has 2 aromatic heterocycles. The van der Waals surface area contributed by atoms with Gasteiger partial charge in [0.05, 0.1) is 29.1 Å². The van der Waals surface area contributed by atoms with E-state index in [1.807, 2.05) is 22.9 Å². The molecule has 1 saturated heterocycles. The number of rotatable bonds is 13. The Morgan fingerprint density at radius 2 is 1.60 bits per heavy atom. The summed E-state index contributed by atoms with van der Waals surface area (Å²) in [5, 5.41) is 20.1. The molecule has 0 spiro atoms. The zero-order valence-corrected chi connectivity index (χ0v) is 32.3. The molecule has 0 bridgehead atoms. The van der Waals surface area contributed by atoms with Gasteiger partial charge in [0.25, 0.3) is 11.8 Å². The average molecular weight is 781 g/mol. The molecule has 3 aliphatic rings. The number of aryl methyl sites for hydroxylation is 1. The maximum Gasteiger partial charge on any atom is 0.265 e. The number of ether oxygens (including phenoxy) is 1. The minimum Gasteiger partial charge on any atom is -0.493 e. The lowest BCUT2D eigenvalue weighted by Crippen LogP contribution is -2.46. The number of carbonyl (C=O) groups is 4. The molecule has 4 heterocycles. The molecule has 3 aromatic carbocycles. The first-order chi connectivity index (χ1) is 28.3. The number of benzene rings is 3. The maximum absolute atomic E-state index is 13.1. The number of nitrogens with one attached hydrogen (secondary N) is 1. The van der Waals surface area contributed by atoms with Crippen molar-refractivity contribution < 1.29 is 29.1 Å². The second kappa shape index (κ2) is 16.8. The van der Waals surface area contributed by atoms with Gasteiger partial charge in [-0.05, 0) is 91.9 Å². The Labute approximate surface area is 335 Å². The molecule has 14 heteroatoms. The number of anilines is 1. The lowest BCUT2D eigenvalue weighted by molar-refractivity contribution is -0.130. The van der Waals surface area contributed by atoms with Crippen LogP contribution in [0.1, 0.15) is 64.4 Å². The Hall–Kier alpha value is -6.67. The summed E-state index contributed by atoms with van der Waals surface area (Å²) in [6, 6.07) is 23.6. The molecular formula is C44H44N8O6. The summed E-state index contributed by atoms with van der Waals surface area (Å²) >= 11 is 0. The average Bonchev–Trinajstić information content (AvgIpc) is 3.96. The molecule has 0 unspecified atom stereocenters. The van der Waals surface area contributed by atoms with Gasteiger partial charge in [-0.1, -0.05) is 36.3 Å². The van der Waals surface area contributed by atoms with E-state index < -0.39 is 30.2 Å². The van der Waals surface area contributed by atoms with Gasteiger partial charge in [0.1, 0.15) is 18.0 Å². The fourth-order valence-electron chi connectivity index (χ4n) is 7.84. The number of hydrogen-bond acceptors (Lipinski definition) is 11. The van der Waals surface area contributed by atoms with Crippen molar-refractivity contribution in [3.8, 4) is 33.8 Å². The molecule has 2 aliphatic heterocycles. The first-order valence-electron chi connectivity index (χ1n) is 19.7. The van der Waals surface area contributed by atoms with Crippen LogP contribution in [-0.2, 0) is 16.0 Å². The number of imide groups is 2. The zero-order valence-electron chi connectivity index (χ0n) is 32.3. The predicted molar refractivity (Wildman–Crippen MR) is 218 cm³/mol. The van der Waals surface area contributed by atoms with Gasteiger partial charge < -0.3 is 14.8 Å². The largest absolute Gasteiger partial charge is 0.493 e. The van der Waals surface area contributed by atoms with Crippen LogP contribution in [0.2, 0.25) is 0 Å². The van der Waals surface area contributed by atoms with Crippen molar-refractivity contribution in [2.45, 2.75) is 39.0 Å². The van der Waals surface area contributed by atoms with Crippen molar-refractivity contribution in [2.75, 3.05) is 50.8 Å². The fourth-order valence-corrected chi connectivity index (χ4v) is 7.84. The Bertz CT molecular complexity index is 2380. The summed E-state index contributed by atoms with van der Waals surface area (Å²) in [5.41, 5.74) is 9.29. The van der Waals surface area contributed by atoms with Crippen molar-refractivity contribution in [2.24, 2.45) is 5.16 Å². The van der Waals surface area contributed by atoms with Crippen LogP contribution >= 0.6 is 0 Å². The highest BCUT2D eigenvalue weighted by Gasteiger charge is 2.39. The normalized spacial score (nSPS) is 15.8. The van der Waals surface area contributed by atoms with Crippen LogP contribution < -0.4 is 15.0 Å². The van der Waals surface area contributed by atoms with Gasteiger partial charge in [0, 0.05) is 73.6 Å². The Morgan fingerprint density at radius 1 is 0.828 bits per heavy atom. The SMILES string of the molecule is CCC(=O)NC(=O)CN1C(=O)c2cccc(OCCCCN3CCN(c4ccc(-n5cc(-c6ccc7c(c6)CC/C7=N\O)c(-c6ccncc6)n5)cc4)CC3)c2C1=O. The summed E-state index contributed by atoms with van der Waals surface area (Å²) in [6.07, 6.45) is 9.00. The quantitative estimate of drug-likeness (QED) is 0.0689. The molecule has 8 rings (SSSR count). The van der Waals surface area contributed by atoms with Crippen LogP contribution in [-0.4, -0.2) is 105 Å². The zero-order chi connectivity index (χ0) is 40.2. The first-order valence-corrected chi connectivity index (χ1v) is 19.7. The lowest BCUT2D eigenvalue weighted by Gasteiger charge is -2.36. The highest BCUT2D eigenvalue weighted by atomic mass is 16.5. The molecule has 58 heavy (non-hydrogen) atoms. The van der Waals surface area contributed by atoms with Crippen LogP contribution in [0.3, 0.4) is 0 Å². The summed E-state index contributed by atoms with van der Waals surface area (Å²) in [5.74, 6) is -2.05. The number of nitrogens with zero attached hydrogens (tertiary/aromatic N) is 7. The van der Waals surface area contributed by atoms with Gasteiger partial charge in [0.15, 0.2) is 0 Å². The molecular weight excluding hydrogens is 737 g/mol. The number of unbranched alkanes of at least 4 members (excludes halogenated alkanes) is 1. The van der Waals surface area contributed by atoms with E-state index in [9.17, 15) is 24.4 Å². The van der Waals surface area contributed by atoms with Crippen molar-refractivity contribution in [3.05, 3.63) is 114 Å². The smallest absolute Gasteiger partial charge is 0.265 e. The number of amides is 4. The molecule has 0 saturated carbocycles. The van der Waals surface area contributed by atoms with Gasteiger partial charge in [-0.3, -0.25) is 39.3 Å². The monoisotopic (exact) mass is 780 g/mol. The Balaban J connectivity index is 0.834. The number of hydrogen-bond donors (Lipinski definition) is 2. The Kier molecular flexibility index (Phi) is 11.1. The number of oxime groups is 1.